The van der Waals surface area contributed by atoms with E-state index >= 15 is 0 Å². The molecular formula is C12H19NO8. The molecular weight excluding hydrogens is 286 g/mol. The van der Waals surface area contributed by atoms with Crippen molar-refractivity contribution in [3.63, 3.8) is 0 Å². The van der Waals surface area contributed by atoms with Gasteiger partial charge in [0.15, 0.2) is 5.92 Å². The van der Waals surface area contributed by atoms with Gasteiger partial charge in [-0.3, -0.25) is 14.4 Å². The lowest BCUT2D eigenvalue weighted by Crippen LogP contribution is -2.51. The van der Waals surface area contributed by atoms with Gasteiger partial charge in [-0.15, -0.1) is 0 Å². The van der Waals surface area contributed by atoms with Crippen LogP contribution >= 0.6 is 0 Å². The summed E-state index contributed by atoms with van der Waals surface area (Å²) in [5.41, 5.74) is 0. The first kappa shape index (κ1) is 18.8. The Morgan fingerprint density at radius 1 is 1.05 bits per heavy atom. The summed E-state index contributed by atoms with van der Waals surface area (Å²) in [4.78, 5) is 46.0. The lowest BCUT2D eigenvalue weighted by molar-refractivity contribution is -0.163. The monoisotopic (exact) mass is 305 g/mol. The molecule has 0 aliphatic rings. The molecule has 0 saturated carbocycles. The van der Waals surface area contributed by atoms with Crippen molar-refractivity contribution in [2.24, 2.45) is 11.8 Å². The fourth-order valence-electron chi connectivity index (χ4n) is 1.74. The van der Waals surface area contributed by atoms with E-state index in [1.54, 1.807) is 0 Å². The van der Waals surface area contributed by atoms with E-state index in [0.29, 0.717) is 0 Å². The maximum atomic E-state index is 11.6. The van der Waals surface area contributed by atoms with Crippen molar-refractivity contribution >= 4 is 23.8 Å². The van der Waals surface area contributed by atoms with E-state index in [-0.39, 0.29) is 6.61 Å². The van der Waals surface area contributed by atoms with Gasteiger partial charge in [-0.25, -0.2) is 4.79 Å². The van der Waals surface area contributed by atoms with Crippen LogP contribution < -0.4 is 5.32 Å². The molecule has 0 saturated heterocycles. The highest BCUT2D eigenvalue weighted by Crippen LogP contribution is 2.19. The first-order valence-electron chi connectivity index (χ1n) is 5.96. The average Bonchev–Trinajstić information content (AvgIpc) is 2.44. The number of esters is 2. The van der Waals surface area contributed by atoms with Gasteiger partial charge < -0.3 is 24.6 Å². The number of carboxylic acid groups (broad SMARTS) is 1. The largest absolute Gasteiger partial charge is 0.480 e. The van der Waals surface area contributed by atoms with E-state index in [0.717, 1.165) is 14.2 Å². The van der Waals surface area contributed by atoms with Crippen molar-refractivity contribution < 1.29 is 38.5 Å². The van der Waals surface area contributed by atoms with Crippen molar-refractivity contribution in [1.82, 2.24) is 5.32 Å². The molecule has 0 rings (SSSR count). The number of methoxy groups -OCH3 is 3. The molecule has 1 amide bonds. The Labute approximate surface area is 121 Å². The van der Waals surface area contributed by atoms with Crippen molar-refractivity contribution in [3.8, 4) is 0 Å². The Morgan fingerprint density at radius 3 is 1.86 bits per heavy atom. The molecule has 0 unspecified atom stereocenters. The Kier molecular flexibility index (Phi) is 7.99. The summed E-state index contributed by atoms with van der Waals surface area (Å²) in [6, 6.07) is -1.48. The molecule has 0 spiro atoms. The fraction of sp³-hybridized carbons (Fsp3) is 0.667. The summed E-state index contributed by atoms with van der Waals surface area (Å²) in [5, 5.41) is 11.3. The lowest BCUT2D eigenvalue weighted by Gasteiger charge is -2.25. The summed E-state index contributed by atoms with van der Waals surface area (Å²) in [5.74, 6) is -6.52. The van der Waals surface area contributed by atoms with Gasteiger partial charge in [-0.2, -0.15) is 0 Å². The zero-order valence-electron chi connectivity index (χ0n) is 12.2. The lowest BCUT2D eigenvalue weighted by atomic mass is 9.87. The third-order valence-corrected chi connectivity index (χ3v) is 2.82. The maximum absolute atomic E-state index is 11.6. The number of carbonyl (C=O) groups excluding carboxylic acids is 3. The highest BCUT2D eigenvalue weighted by molar-refractivity contribution is 5.96. The molecule has 2 N–H and O–H groups in total. The molecule has 2 atom stereocenters. The second-order valence-corrected chi connectivity index (χ2v) is 4.20. The molecule has 9 heteroatoms. The number of hydrogen-bond donors (Lipinski definition) is 2. The maximum Gasteiger partial charge on any atom is 0.326 e. The van der Waals surface area contributed by atoms with Gasteiger partial charge in [0.05, 0.1) is 14.2 Å². The van der Waals surface area contributed by atoms with E-state index in [1.165, 1.54) is 14.0 Å². The van der Waals surface area contributed by atoms with Crippen molar-refractivity contribution in [1.29, 1.82) is 0 Å². The Balaban J connectivity index is 5.26. The van der Waals surface area contributed by atoms with Crippen molar-refractivity contribution in [3.05, 3.63) is 0 Å². The molecule has 0 aromatic rings. The summed E-state index contributed by atoms with van der Waals surface area (Å²) >= 11 is 0. The second kappa shape index (κ2) is 8.90. The van der Waals surface area contributed by atoms with E-state index in [2.05, 4.69) is 19.5 Å². The molecule has 120 valence electrons. The van der Waals surface area contributed by atoms with Crippen LogP contribution in [0.25, 0.3) is 0 Å². The molecule has 0 heterocycles. The zero-order valence-corrected chi connectivity index (χ0v) is 12.2. The van der Waals surface area contributed by atoms with Crippen molar-refractivity contribution in [2.45, 2.75) is 13.0 Å². The standard InChI is InChI=1S/C12H19NO8/c1-6(8(11(17)20-3)12(18)21-4)9(10(15)16)13-7(14)5-19-2/h6,8-9H,5H2,1-4H3,(H,13,14)(H,15,16)/t6-,9-/m1/s1. The number of aliphatic carboxylic acids is 1. The van der Waals surface area contributed by atoms with Crippen molar-refractivity contribution in [2.75, 3.05) is 27.9 Å². The molecule has 21 heavy (non-hydrogen) atoms. The van der Waals surface area contributed by atoms with Gasteiger partial charge in [0, 0.05) is 13.0 Å². The summed E-state index contributed by atoms with van der Waals surface area (Å²) in [6.45, 7) is 0.974. The van der Waals surface area contributed by atoms with Crippen LogP contribution in [0.2, 0.25) is 0 Å². The first-order valence-corrected chi connectivity index (χ1v) is 5.96. The third kappa shape index (κ3) is 5.38. The van der Waals surface area contributed by atoms with Crippen LogP contribution in [-0.4, -0.2) is 62.9 Å². The van der Waals surface area contributed by atoms with Gasteiger partial charge in [-0.05, 0) is 0 Å². The molecule has 0 aromatic carbocycles. The highest BCUT2D eigenvalue weighted by Gasteiger charge is 2.41. The van der Waals surface area contributed by atoms with Gasteiger partial charge in [-0.1, -0.05) is 6.92 Å². The van der Waals surface area contributed by atoms with E-state index in [1.807, 2.05) is 0 Å². The van der Waals surface area contributed by atoms with Crippen LogP contribution in [0.5, 0.6) is 0 Å². The van der Waals surface area contributed by atoms with Crippen LogP contribution in [0, 0.1) is 11.8 Å². The Morgan fingerprint density at radius 2 is 1.52 bits per heavy atom. The Hall–Kier alpha value is -2.16. The molecule has 0 fully saturated rings. The number of hydrogen-bond acceptors (Lipinski definition) is 7. The Bertz CT molecular complexity index is 392. The molecule has 9 nitrogen and oxygen atoms in total. The van der Waals surface area contributed by atoms with Crippen LogP contribution in [0.3, 0.4) is 0 Å². The van der Waals surface area contributed by atoms with E-state index < -0.39 is 41.7 Å². The molecule has 0 aliphatic carbocycles. The summed E-state index contributed by atoms with van der Waals surface area (Å²) < 4.78 is 13.5. The van der Waals surface area contributed by atoms with Gasteiger partial charge in [0.2, 0.25) is 5.91 Å². The quantitative estimate of drug-likeness (QED) is 0.423. The predicted octanol–water partition coefficient (Wildman–Crippen LogP) is -1.20. The number of carbonyl (C=O) groups is 4. The highest BCUT2D eigenvalue weighted by atomic mass is 16.5. The van der Waals surface area contributed by atoms with Crippen LogP contribution in [0.15, 0.2) is 0 Å². The number of carboxylic acids is 1. The predicted molar refractivity (Wildman–Crippen MR) is 68.1 cm³/mol. The van der Waals surface area contributed by atoms with Crippen LogP contribution in [0.1, 0.15) is 6.92 Å². The topological polar surface area (TPSA) is 128 Å². The van der Waals surface area contributed by atoms with E-state index in [9.17, 15) is 19.2 Å². The molecule has 0 aliphatic heterocycles. The summed E-state index contributed by atoms with van der Waals surface area (Å²) in [7, 11) is 3.39. The summed E-state index contributed by atoms with van der Waals surface area (Å²) in [6.07, 6.45) is 0. The minimum atomic E-state index is -1.48. The number of amides is 1. The minimum Gasteiger partial charge on any atom is -0.480 e. The molecule has 0 bridgehead atoms. The molecule has 0 radical (unpaired) electrons. The second-order valence-electron chi connectivity index (χ2n) is 4.20. The smallest absolute Gasteiger partial charge is 0.326 e. The number of rotatable bonds is 8. The van der Waals surface area contributed by atoms with Gasteiger partial charge in [0.1, 0.15) is 12.6 Å². The molecule has 0 aromatic heterocycles. The fourth-order valence-corrected chi connectivity index (χ4v) is 1.74. The average molecular weight is 305 g/mol. The van der Waals surface area contributed by atoms with Crippen LogP contribution in [0.4, 0.5) is 0 Å². The van der Waals surface area contributed by atoms with E-state index in [4.69, 9.17) is 5.11 Å². The first-order chi connectivity index (χ1) is 9.79. The number of nitrogens with one attached hydrogen (secondary N) is 1. The van der Waals surface area contributed by atoms with Gasteiger partial charge in [0.25, 0.3) is 0 Å². The number of ether oxygens (including phenoxy) is 3. The van der Waals surface area contributed by atoms with Crippen LogP contribution in [-0.2, 0) is 33.4 Å². The SMILES string of the molecule is COCC(=O)N[C@@H](C(=O)O)[C@H](C)C(C(=O)OC)C(=O)OC. The third-order valence-electron chi connectivity index (χ3n) is 2.82. The van der Waals surface area contributed by atoms with Gasteiger partial charge >= 0.3 is 17.9 Å². The zero-order chi connectivity index (χ0) is 16.6. The minimum absolute atomic E-state index is 0.350. The normalized spacial score (nSPS) is 13.2.